The van der Waals surface area contributed by atoms with E-state index in [1.165, 1.54) is 11.8 Å². The van der Waals surface area contributed by atoms with Gasteiger partial charge in [-0.3, -0.25) is 5.43 Å². The third kappa shape index (κ3) is 5.67. The van der Waals surface area contributed by atoms with E-state index in [0.717, 1.165) is 67.0 Å². The number of hydrazone groups is 1. The number of unbranched alkanes of at least 4 members (excludes halogenated alkanes) is 1. The summed E-state index contributed by atoms with van der Waals surface area (Å²) < 4.78 is 31.3. The fraction of sp³-hybridized carbons (Fsp3) is 0.400. The van der Waals surface area contributed by atoms with Crippen molar-refractivity contribution in [2.24, 2.45) is 5.10 Å². The number of hydrogen-bond donors (Lipinski definition) is 4. The monoisotopic (exact) mass is 496 g/mol. The quantitative estimate of drug-likeness (QED) is 0.414. The molecule has 1 saturated heterocycles. The molecular weight excluding hydrogens is 464 g/mol. The molecule has 186 valence electrons. The number of sulfonamides is 1. The van der Waals surface area contributed by atoms with Crippen molar-refractivity contribution in [1.29, 1.82) is 0 Å². The summed E-state index contributed by atoms with van der Waals surface area (Å²) >= 11 is 0. The number of nitrogens with one attached hydrogen (secondary N) is 4. The Labute approximate surface area is 206 Å². The zero-order valence-electron chi connectivity index (χ0n) is 19.9. The Bertz CT molecular complexity index is 1220. The summed E-state index contributed by atoms with van der Waals surface area (Å²) in [5.41, 5.74) is 10.5. The van der Waals surface area contributed by atoms with Gasteiger partial charge < -0.3 is 10.1 Å². The first-order valence-electron chi connectivity index (χ1n) is 12.1. The summed E-state index contributed by atoms with van der Waals surface area (Å²) in [4.78, 5) is 0. The van der Waals surface area contributed by atoms with E-state index < -0.39 is 10.0 Å². The van der Waals surface area contributed by atoms with Gasteiger partial charge in [-0.2, -0.15) is 0 Å². The van der Waals surface area contributed by atoms with Crippen LogP contribution >= 0.6 is 0 Å². The maximum Gasteiger partial charge on any atom is 0.208 e. The van der Waals surface area contributed by atoms with Gasteiger partial charge in [0.1, 0.15) is 11.4 Å². The van der Waals surface area contributed by atoms with E-state index in [9.17, 15) is 8.42 Å². The highest BCUT2D eigenvalue weighted by molar-refractivity contribution is 7.88. The minimum Gasteiger partial charge on any atom is -0.482 e. The van der Waals surface area contributed by atoms with E-state index in [1.807, 2.05) is 11.2 Å². The first-order chi connectivity index (χ1) is 16.9. The molecule has 1 spiro atoms. The molecule has 0 saturated carbocycles. The van der Waals surface area contributed by atoms with Crippen molar-refractivity contribution >= 4 is 21.4 Å². The van der Waals surface area contributed by atoms with Crippen LogP contribution in [0.5, 0.6) is 5.75 Å². The van der Waals surface area contributed by atoms with Crippen LogP contribution in [0.25, 0.3) is 5.57 Å². The van der Waals surface area contributed by atoms with Crippen molar-refractivity contribution < 1.29 is 13.2 Å². The molecule has 0 atom stereocenters. The molecule has 3 aliphatic rings. The van der Waals surface area contributed by atoms with Gasteiger partial charge in [0.05, 0.1) is 6.26 Å². The van der Waals surface area contributed by atoms with Crippen LogP contribution in [0, 0.1) is 0 Å². The average molecular weight is 497 g/mol. The number of nitrogens with zero attached hydrogens (tertiary/aromatic N) is 2. The van der Waals surface area contributed by atoms with Crippen LogP contribution in [0.2, 0.25) is 0 Å². The number of para-hydroxylation sites is 1. The van der Waals surface area contributed by atoms with Gasteiger partial charge in [-0.05, 0) is 49.2 Å². The Kier molecular flexibility index (Phi) is 6.79. The summed E-state index contributed by atoms with van der Waals surface area (Å²) in [5.74, 6) is 1.70. The second-order valence-electron chi connectivity index (χ2n) is 9.25. The van der Waals surface area contributed by atoms with Gasteiger partial charge in [-0.25, -0.2) is 18.7 Å². The summed E-state index contributed by atoms with van der Waals surface area (Å²) in [6, 6.07) is 16.7. The van der Waals surface area contributed by atoms with Crippen LogP contribution in [0.1, 0.15) is 42.4 Å². The molecule has 0 unspecified atom stereocenters. The van der Waals surface area contributed by atoms with Crippen molar-refractivity contribution in [1.82, 2.24) is 26.1 Å². The van der Waals surface area contributed by atoms with Gasteiger partial charge in [0, 0.05) is 37.1 Å². The largest absolute Gasteiger partial charge is 0.482 e. The van der Waals surface area contributed by atoms with E-state index in [1.54, 1.807) is 0 Å². The first kappa shape index (κ1) is 23.8. The van der Waals surface area contributed by atoms with Crippen molar-refractivity contribution in [2.75, 3.05) is 32.4 Å². The third-order valence-electron chi connectivity index (χ3n) is 6.51. The SMILES string of the molecule is CS(=O)(=O)NCCCCN1NN=C(c2ccc(C3=CC4(CCNCC4)Oc4ccccc43)cc2)N1. The van der Waals surface area contributed by atoms with E-state index in [2.05, 4.69) is 74.6 Å². The van der Waals surface area contributed by atoms with Crippen molar-refractivity contribution in [2.45, 2.75) is 31.3 Å². The van der Waals surface area contributed by atoms with Gasteiger partial charge in [0.2, 0.25) is 10.0 Å². The van der Waals surface area contributed by atoms with Crippen molar-refractivity contribution in [3.05, 3.63) is 71.3 Å². The van der Waals surface area contributed by atoms with E-state index in [-0.39, 0.29) is 5.60 Å². The lowest BCUT2D eigenvalue weighted by Gasteiger charge is -2.40. The Morgan fingerprint density at radius 2 is 1.80 bits per heavy atom. The lowest BCUT2D eigenvalue weighted by molar-refractivity contribution is 0.0817. The number of fused-ring (bicyclic) bond motifs is 1. The molecule has 0 aromatic heterocycles. The summed E-state index contributed by atoms with van der Waals surface area (Å²) in [6.45, 7) is 3.03. The van der Waals surface area contributed by atoms with Crippen LogP contribution < -0.4 is 25.7 Å². The summed E-state index contributed by atoms with van der Waals surface area (Å²) in [7, 11) is -3.14. The van der Waals surface area contributed by atoms with Crippen LogP contribution in [0.15, 0.2) is 59.7 Å². The molecule has 0 bridgehead atoms. The zero-order chi connectivity index (χ0) is 24.3. The average Bonchev–Trinajstić information content (AvgIpc) is 3.32. The number of rotatable bonds is 8. The van der Waals surface area contributed by atoms with Gasteiger partial charge in [0.25, 0.3) is 0 Å². The molecule has 3 aliphatic heterocycles. The third-order valence-corrected chi connectivity index (χ3v) is 7.24. The Balaban J connectivity index is 1.24. The van der Waals surface area contributed by atoms with Gasteiger partial charge in [0.15, 0.2) is 5.84 Å². The van der Waals surface area contributed by atoms with E-state index in [4.69, 9.17) is 4.74 Å². The fourth-order valence-corrected chi connectivity index (χ4v) is 5.20. The number of piperidine rings is 1. The molecule has 9 nitrogen and oxygen atoms in total. The Morgan fingerprint density at radius 3 is 2.57 bits per heavy atom. The second kappa shape index (κ2) is 9.98. The maximum absolute atomic E-state index is 11.1. The van der Waals surface area contributed by atoms with Crippen LogP contribution in [0.4, 0.5) is 0 Å². The molecule has 2 aromatic rings. The standard InChI is InChI=1S/C25H32N6O3S/c1-35(32,33)27-14-4-5-17-31-29-24(28-30-31)20-10-8-19(9-11-20)22-18-25(12-15-26-16-13-25)34-23-7-3-2-6-21(22)23/h2-3,6-11,18,26-27,30H,4-5,12-17H2,1H3,(H,28,29). The number of benzene rings is 2. The molecule has 4 N–H and O–H groups in total. The highest BCUT2D eigenvalue weighted by Gasteiger charge is 2.36. The molecule has 5 rings (SSSR count). The van der Waals surface area contributed by atoms with Crippen molar-refractivity contribution in [3.63, 3.8) is 0 Å². The minimum absolute atomic E-state index is 0.258. The number of ether oxygens (including phenoxy) is 1. The topological polar surface area (TPSA) is 107 Å². The van der Waals surface area contributed by atoms with Gasteiger partial charge >= 0.3 is 0 Å². The van der Waals surface area contributed by atoms with E-state index >= 15 is 0 Å². The van der Waals surface area contributed by atoms with Crippen LogP contribution in [0.3, 0.4) is 0 Å². The summed E-state index contributed by atoms with van der Waals surface area (Å²) in [5, 5.41) is 9.64. The molecule has 35 heavy (non-hydrogen) atoms. The Morgan fingerprint density at radius 1 is 1.06 bits per heavy atom. The molecule has 0 aliphatic carbocycles. The predicted octanol–water partition coefficient (Wildman–Crippen LogP) is 1.95. The lowest BCUT2D eigenvalue weighted by atomic mass is 9.83. The lowest BCUT2D eigenvalue weighted by Crippen LogP contribution is -2.46. The highest BCUT2D eigenvalue weighted by Crippen LogP contribution is 2.42. The number of hydrogen-bond acceptors (Lipinski definition) is 8. The second-order valence-corrected chi connectivity index (χ2v) is 11.1. The highest BCUT2D eigenvalue weighted by atomic mass is 32.2. The first-order valence-corrected chi connectivity index (χ1v) is 13.9. The molecule has 2 aromatic carbocycles. The molecular formula is C25H32N6O3S. The fourth-order valence-electron chi connectivity index (χ4n) is 4.69. The molecule has 0 amide bonds. The summed E-state index contributed by atoms with van der Waals surface area (Å²) in [6.07, 6.45) is 6.96. The zero-order valence-corrected chi connectivity index (χ0v) is 20.7. The van der Waals surface area contributed by atoms with Gasteiger partial charge in [-0.15, -0.1) is 10.2 Å². The molecule has 3 heterocycles. The van der Waals surface area contributed by atoms with Gasteiger partial charge in [-0.1, -0.05) is 42.5 Å². The van der Waals surface area contributed by atoms with Crippen LogP contribution in [-0.2, 0) is 10.0 Å². The molecule has 1 fully saturated rings. The minimum atomic E-state index is -3.14. The number of hydrazine groups is 2. The maximum atomic E-state index is 11.1. The van der Waals surface area contributed by atoms with Crippen molar-refractivity contribution in [3.8, 4) is 5.75 Å². The van der Waals surface area contributed by atoms with E-state index in [0.29, 0.717) is 13.1 Å². The normalized spacial score (nSPS) is 19.2. The number of amidine groups is 1. The predicted molar refractivity (Wildman–Crippen MR) is 137 cm³/mol. The Hall–Kier alpha value is -2.92. The molecule has 0 radical (unpaired) electrons. The molecule has 10 heteroatoms. The smallest absolute Gasteiger partial charge is 0.208 e. The van der Waals surface area contributed by atoms with Crippen LogP contribution in [-0.4, -0.2) is 57.4 Å².